The van der Waals surface area contributed by atoms with Crippen molar-refractivity contribution in [2.75, 3.05) is 19.6 Å². The van der Waals surface area contributed by atoms with E-state index in [0.29, 0.717) is 28.9 Å². The van der Waals surface area contributed by atoms with Gasteiger partial charge in [-0.25, -0.2) is 0 Å². The maximum absolute atomic E-state index is 12.2. The fourth-order valence-electron chi connectivity index (χ4n) is 2.90. The summed E-state index contributed by atoms with van der Waals surface area (Å²) >= 11 is 6.16. The van der Waals surface area contributed by atoms with Crippen molar-refractivity contribution in [3.63, 3.8) is 0 Å². The number of hydrogen-bond acceptors (Lipinski definition) is 3. The summed E-state index contributed by atoms with van der Waals surface area (Å²) in [6.45, 7) is 2.85. The first-order valence-corrected chi connectivity index (χ1v) is 8.41. The first-order chi connectivity index (χ1) is 11.2. The lowest BCUT2D eigenvalue weighted by Gasteiger charge is -2.22. The molecule has 1 amide bonds. The number of rotatable bonds is 5. The third-order valence-corrected chi connectivity index (χ3v) is 4.54. The first kappa shape index (κ1) is 16.0. The Labute approximate surface area is 140 Å². The summed E-state index contributed by atoms with van der Waals surface area (Å²) in [5.41, 5.74) is 1.96. The summed E-state index contributed by atoms with van der Waals surface area (Å²) in [6, 6.07) is 9.19. The monoisotopic (exact) mass is 332 g/mol. The van der Waals surface area contributed by atoms with E-state index in [-0.39, 0.29) is 5.91 Å². The molecule has 0 bridgehead atoms. The Hall–Kier alpha value is -1.85. The van der Waals surface area contributed by atoms with E-state index in [1.807, 2.05) is 24.3 Å². The molecule has 122 valence electrons. The second-order valence-electron chi connectivity index (χ2n) is 5.90. The highest BCUT2D eigenvalue weighted by atomic mass is 35.5. The highest BCUT2D eigenvalue weighted by Crippen LogP contribution is 2.26. The summed E-state index contributed by atoms with van der Waals surface area (Å²) < 4.78 is 0. The van der Waals surface area contributed by atoms with E-state index in [1.165, 1.54) is 12.8 Å². The Morgan fingerprint density at radius 3 is 3.04 bits per heavy atom. The molecule has 3 N–H and O–H groups in total. The molecule has 5 nitrogen and oxygen atoms in total. The van der Waals surface area contributed by atoms with Gasteiger partial charge in [-0.1, -0.05) is 29.8 Å². The molecule has 1 unspecified atom stereocenters. The van der Waals surface area contributed by atoms with E-state index in [2.05, 4.69) is 20.8 Å². The number of piperidine rings is 1. The normalized spacial score (nSPS) is 17.9. The number of nitrogens with zero attached hydrogens (tertiary/aromatic N) is 1. The van der Waals surface area contributed by atoms with Gasteiger partial charge in [-0.3, -0.25) is 9.89 Å². The molecule has 0 aliphatic carbocycles. The molecular formula is C17H21ClN4O. The van der Waals surface area contributed by atoms with Gasteiger partial charge in [0.25, 0.3) is 5.91 Å². The average Bonchev–Trinajstić information content (AvgIpc) is 3.06. The number of carbonyl (C=O) groups excluding carboxylic acids is 1. The Kier molecular flexibility index (Phi) is 5.31. The third kappa shape index (κ3) is 4.12. The molecule has 0 saturated carbocycles. The van der Waals surface area contributed by atoms with Crippen LogP contribution in [0.5, 0.6) is 0 Å². The lowest BCUT2D eigenvalue weighted by atomic mass is 9.96. The van der Waals surface area contributed by atoms with Crippen LogP contribution in [0.3, 0.4) is 0 Å². The van der Waals surface area contributed by atoms with Crippen LogP contribution < -0.4 is 10.6 Å². The van der Waals surface area contributed by atoms with Crippen LogP contribution >= 0.6 is 11.6 Å². The Morgan fingerprint density at radius 1 is 1.39 bits per heavy atom. The van der Waals surface area contributed by atoms with Crippen LogP contribution in [-0.4, -0.2) is 35.7 Å². The molecule has 0 spiro atoms. The molecule has 1 aromatic carbocycles. The van der Waals surface area contributed by atoms with Crippen LogP contribution in [0.2, 0.25) is 5.02 Å². The zero-order valence-corrected chi connectivity index (χ0v) is 13.7. The number of aromatic nitrogens is 2. The third-order valence-electron chi connectivity index (χ3n) is 4.21. The minimum absolute atomic E-state index is 0.125. The van der Waals surface area contributed by atoms with Crippen molar-refractivity contribution in [2.24, 2.45) is 5.92 Å². The largest absolute Gasteiger partial charge is 0.351 e. The SMILES string of the molecule is O=C(NCCC1CCCNC1)c1cc(-c2ccccc2Cl)n[nH]1. The van der Waals surface area contributed by atoms with Gasteiger partial charge in [0, 0.05) is 12.1 Å². The predicted molar refractivity (Wildman–Crippen MR) is 91.6 cm³/mol. The van der Waals surface area contributed by atoms with Gasteiger partial charge in [0.1, 0.15) is 5.69 Å². The van der Waals surface area contributed by atoms with Crippen LogP contribution in [0, 0.1) is 5.92 Å². The van der Waals surface area contributed by atoms with Crippen molar-refractivity contribution in [1.82, 2.24) is 20.8 Å². The van der Waals surface area contributed by atoms with Crippen molar-refractivity contribution < 1.29 is 4.79 Å². The van der Waals surface area contributed by atoms with Crippen molar-refractivity contribution >= 4 is 17.5 Å². The molecule has 1 saturated heterocycles. The predicted octanol–water partition coefficient (Wildman–Crippen LogP) is 2.85. The smallest absolute Gasteiger partial charge is 0.269 e. The van der Waals surface area contributed by atoms with Gasteiger partial charge in [0.15, 0.2) is 0 Å². The van der Waals surface area contributed by atoms with Gasteiger partial charge < -0.3 is 10.6 Å². The molecule has 1 aromatic heterocycles. The number of nitrogens with one attached hydrogen (secondary N) is 3. The maximum Gasteiger partial charge on any atom is 0.269 e. The highest BCUT2D eigenvalue weighted by Gasteiger charge is 2.15. The number of amides is 1. The number of benzene rings is 1. The van der Waals surface area contributed by atoms with Gasteiger partial charge in [0.2, 0.25) is 0 Å². The van der Waals surface area contributed by atoms with Crippen LogP contribution in [0.25, 0.3) is 11.3 Å². The molecule has 1 fully saturated rings. The number of aromatic amines is 1. The van der Waals surface area contributed by atoms with Crippen LogP contribution in [0.1, 0.15) is 29.8 Å². The zero-order chi connectivity index (χ0) is 16.1. The van der Waals surface area contributed by atoms with Crippen molar-refractivity contribution in [3.8, 4) is 11.3 Å². The van der Waals surface area contributed by atoms with Gasteiger partial charge in [-0.2, -0.15) is 5.10 Å². The van der Waals surface area contributed by atoms with Gasteiger partial charge in [-0.05, 0) is 50.4 Å². The van der Waals surface area contributed by atoms with E-state index in [9.17, 15) is 4.79 Å². The van der Waals surface area contributed by atoms with Gasteiger partial charge in [0.05, 0.1) is 10.7 Å². The maximum atomic E-state index is 12.2. The standard InChI is InChI=1S/C17H21ClN4O/c18-14-6-2-1-5-13(14)15-10-16(22-21-15)17(23)20-9-7-12-4-3-8-19-11-12/h1-2,5-6,10,12,19H,3-4,7-9,11H2,(H,20,23)(H,21,22). The summed E-state index contributed by atoms with van der Waals surface area (Å²) in [4.78, 5) is 12.2. The molecule has 1 atom stereocenters. The van der Waals surface area contributed by atoms with E-state index in [0.717, 1.165) is 25.1 Å². The quantitative estimate of drug-likeness (QED) is 0.788. The topological polar surface area (TPSA) is 69.8 Å². The van der Waals surface area contributed by atoms with Crippen LogP contribution in [-0.2, 0) is 0 Å². The molecule has 2 aromatic rings. The van der Waals surface area contributed by atoms with E-state index in [1.54, 1.807) is 6.07 Å². The van der Waals surface area contributed by atoms with E-state index < -0.39 is 0 Å². The highest BCUT2D eigenvalue weighted by molar-refractivity contribution is 6.33. The second-order valence-corrected chi connectivity index (χ2v) is 6.31. The molecule has 1 aliphatic rings. The lowest BCUT2D eigenvalue weighted by Crippen LogP contribution is -2.33. The van der Waals surface area contributed by atoms with Crippen molar-refractivity contribution in [1.29, 1.82) is 0 Å². The Bertz CT molecular complexity index is 664. The Balaban J connectivity index is 1.55. The van der Waals surface area contributed by atoms with Gasteiger partial charge in [-0.15, -0.1) is 0 Å². The number of halogens is 1. The molecular weight excluding hydrogens is 312 g/mol. The summed E-state index contributed by atoms with van der Waals surface area (Å²) in [6.07, 6.45) is 3.47. The fourth-order valence-corrected chi connectivity index (χ4v) is 3.13. The Morgan fingerprint density at radius 2 is 2.26 bits per heavy atom. The molecule has 23 heavy (non-hydrogen) atoms. The zero-order valence-electron chi connectivity index (χ0n) is 12.9. The summed E-state index contributed by atoms with van der Waals surface area (Å²) in [5.74, 6) is 0.532. The molecule has 1 aliphatic heterocycles. The minimum atomic E-state index is -0.125. The van der Waals surface area contributed by atoms with Gasteiger partial charge >= 0.3 is 0 Å². The van der Waals surface area contributed by atoms with Crippen LogP contribution in [0.4, 0.5) is 0 Å². The number of hydrogen-bond donors (Lipinski definition) is 3. The van der Waals surface area contributed by atoms with Crippen molar-refractivity contribution in [3.05, 3.63) is 41.0 Å². The van der Waals surface area contributed by atoms with Crippen LogP contribution in [0.15, 0.2) is 30.3 Å². The molecule has 6 heteroatoms. The molecule has 3 rings (SSSR count). The van der Waals surface area contributed by atoms with E-state index in [4.69, 9.17) is 11.6 Å². The lowest BCUT2D eigenvalue weighted by molar-refractivity contribution is 0.0945. The number of H-pyrrole nitrogens is 1. The first-order valence-electron chi connectivity index (χ1n) is 8.03. The fraction of sp³-hybridized carbons (Fsp3) is 0.412. The molecule has 0 radical (unpaired) electrons. The van der Waals surface area contributed by atoms with E-state index >= 15 is 0 Å². The number of carbonyl (C=O) groups is 1. The summed E-state index contributed by atoms with van der Waals surface area (Å²) in [7, 11) is 0. The average molecular weight is 333 g/mol. The molecule has 2 heterocycles. The van der Waals surface area contributed by atoms with Crippen molar-refractivity contribution in [2.45, 2.75) is 19.3 Å². The second kappa shape index (κ2) is 7.62. The minimum Gasteiger partial charge on any atom is -0.351 e. The summed E-state index contributed by atoms with van der Waals surface area (Å²) in [5, 5.41) is 13.9.